The van der Waals surface area contributed by atoms with Crippen molar-refractivity contribution in [2.24, 2.45) is 5.92 Å². The van der Waals surface area contributed by atoms with Crippen molar-refractivity contribution in [3.63, 3.8) is 0 Å². The second-order valence-corrected chi connectivity index (χ2v) is 9.90. The van der Waals surface area contributed by atoms with Crippen molar-refractivity contribution in [1.29, 1.82) is 0 Å². The first-order chi connectivity index (χ1) is 14.7. The quantitative estimate of drug-likeness (QED) is 0.462. The summed E-state index contributed by atoms with van der Waals surface area (Å²) in [6, 6.07) is 17.2. The smallest absolute Gasteiger partial charge is 0.118 e. The van der Waals surface area contributed by atoms with Gasteiger partial charge in [-0.05, 0) is 91.2 Å². The van der Waals surface area contributed by atoms with Crippen LogP contribution in [0.3, 0.4) is 0 Å². The van der Waals surface area contributed by atoms with Crippen molar-refractivity contribution < 1.29 is 14.7 Å². The third kappa shape index (κ3) is 5.07. The number of hydrogen-bond acceptors (Lipinski definition) is 8. The molecule has 2 aromatic rings. The molecule has 6 nitrogen and oxygen atoms in total. The van der Waals surface area contributed by atoms with Gasteiger partial charge in [-0.1, -0.05) is 0 Å². The summed E-state index contributed by atoms with van der Waals surface area (Å²) >= 11 is 3.61. The number of nitrogens with zero attached hydrogens (tertiary/aromatic N) is 2. The van der Waals surface area contributed by atoms with E-state index in [0.29, 0.717) is 24.5 Å². The average molecular weight is 448 g/mol. The van der Waals surface area contributed by atoms with Gasteiger partial charge in [-0.2, -0.15) is 0 Å². The molecule has 0 amide bonds. The molecule has 2 aliphatic heterocycles. The van der Waals surface area contributed by atoms with Crippen LogP contribution in [0.15, 0.2) is 58.3 Å². The second-order valence-electron chi connectivity index (χ2n) is 7.65. The van der Waals surface area contributed by atoms with Gasteiger partial charge in [0.15, 0.2) is 0 Å². The van der Waals surface area contributed by atoms with Crippen LogP contribution < -0.4 is 15.0 Å². The van der Waals surface area contributed by atoms with Crippen LogP contribution in [0.5, 0.6) is 11.5 Å². The Balaban J connectivity index is 1.45. The summed E-state index contributed by atoms with van der Waals surface area (Å²) < 4.78 is 15.5. The molecule has 2 N–H and O–H groups in total. The van der Waals surface area contributed by atoms with Gasteiger partial charge in [0.2, 0.25) is 0 Å². The van der Waals surface area contributed by atoms with Crippen LogP contribution in [0.4, 0.5) is 0 Å². The zero-order chi connectivity index (χ0) is 20.9. The fourth-order valence-corrected chi connectivity index (χ4v) is 6.45. The van der Waals surface area contributed by atoms with Gasteiger partial charge >= 0.3 is 0 Å². The molecular formula is C22H29N3O3S2. The van der Waals surface area contributed by atoms with Gasteiger partial charge < -0.3 is 14.7 Å². The Morgan fingerprint density at radius 3 is 2.13 bits per heavy atom. The lowest BCUT2D eigenvalue weighted by atomic mass is 9.92. The first-order valence-corrected chi connectivity index (χ1v) is 11.8. The van der Waals surface area contributed by atoms with E-state index in [4.69, 9.17) is 9.47 Å². The van der Waals surface area contributed by atoms with E-state index in [9.17, 15) is 5.21 Å². The lowest BCUT2D eigenvalue weighted by Gasteiger charge is -2.38. The Hall–Kier alpha value is -1.42. The Kier molecular flexibility index (Phi) is 7.45. The van der Waals surface area contributed by atoms with E-state index in [1.54, 1.807) is 26.2 Å². The largest absolute Gasteiger partial charge is 0.497 e. The molecule has 0 bridgehead atoms. The number of rotatable bonds is 8. The van der Waals surface area contributed by atoms with Crippen molar-refractivity contribution in [3.05, 3.63) is 48.5 Å². The molecule has 2 heterocycles. The van der Waals surface area contributed by atoms with Crippen molar-refractivity contribution in [2.45, 2.75) is 34.7 Å². The maximum absolute atomic E-state index is 9.37. The van der Waals surface area contributed by atoms with Crippen LogP contribution in [-0.2, 0) is 0 Å². The molecular weight excluding hydrogens is 418 g/mol. The van der Waals surface area contributed by atoms with Crippen LogP contribution in [-0.4, -0.2) is 59.8 Å². The molecule has 0 aromatic heterocycles. The Morgan fingerprint density at radius 2 is 1.57 bits per heavy atom. The van der Waals surface area contributed by atoms with E-state index in [1.807, 2.05) is 36.2 Å². The molecule has 0 aliphatic carbocycles. The average Bonchev–Trinajstić information content (AvgIpc) is 3.11. The molecule has 0 radical (unpaired) electrons. The van der Waals surface area contributed by atoms with Crippen LogP contribution in [0.25, 0.3) is 0 Å². The standard InChI is InChI=1S/C22H29N3O3S2/c1-27-18-3-7-20(8-4-18)29-24-12-11-16-13-17(14-23-26)25(22(16)15-24)30-21-9-5-19(28-2)6-10-21/h3-10,16-17,22-23,26H,11-15H2,1-2H3. The van der Waals surface area contributed by atoms with Crippen molar-refractivity contribution in [1.82, 2.24) is 14.1 Å². The summed E-state index contributed by atoms with van der Waals surface area (Å²) in [5.41, 5.74) is 2.41. The zero-order valence-corrected chi connectivity index (χ0v) is 19.0. The van der Waals surface area contributed by atoms with Crippen LogP contribution >= 0.6 is 23.9 Å². The highest BCUT2D eigenvalue weighted by molar-refractivity contribution is 7.97. The van der Waals surface area contributed by atoms with E-state index >= 15 is 0 Å². The highest BCUT2D eigenvalue weighted by Gasteiger charge is 2.44. The van der Waals surface area contributed by atoms with Gasteiger partial charge in [-0.15, -0.1) is 0 Å². The highest BCUT2D eigenvalue weighted by Crippen LogP contribution is 2.44. The number of ether oxygens (including phenoxy) is 2. The molecule has 8 heteroatoms. The van der Waals surface area contributed by atoms with Crippen LogP contribution in [0.2, 0.25) is 0 Å². The minimum Gasteiger partial charge on any atom is -0.497 e. The second kappa shape index (κ2) is 10.3. The molecule has 3 unspecified atom stereocenters. The fraction of sp³-hybridized carbons (Fsp3) is 0.455. The first kappa shape index (κ1) is 21.8. The van der Waals surface area contributed by atoms with Gasteiger partial charge in [0.1, 0.15) is 11.5 Å². The van der Waals surface area contributed by atoms with E-state index in [1.165, 1.54) is 16.2 Å². The Labute approximate surface area is 187 Å². The lowest BCUT2D eigenvalue weighted by Crippen LogP contribution is -2.45. The summed E-state index contributed by atoms with van der Waals surface area (Å²) in [5, 5.41) is 9.37. The molecule has 2 saturated heterocycles. The summed E-state index contributed by atoms with van der Waals surface area (Å²) in [6.45, 7) is 2.67. The maximum Gasteiger partial charge on any atom is 0.118 e. The predicted molar refractivity (Wildman–Crippen MR) is 121 cm³/mol. The minimum atomic E-state index is 0.308. The molecule has 4 rings (SSSR count). The first-order valence-electron chi connectivity index (χ1n) is 10.2. The number of methoxy groups -OCH3 is 2. The van der Waals surface area contributed by atoms with Gasteiger partial charge in [0, 0.05) is 41.5 Å². The number of benzene rings is 2. The van der Waals surface area contributed by atoms with Gasteiger partial charge in [-0.25, -0.2) is 14.1 Å². The third-order valence-corrected chi connectivity index (χ3v) is 8.17. The highest BCUT2D eigenvalue weighted by atomic mass is 32.2. The summed E-state index contributed by atoms with van der Waals surface area (Å²) in [4.78, 5) is 2.43. The maximum atomic E-state index is 9.37. The van der Waals surface area contributed by atoms with Crippen molar-refractivity contribution in [3.8, 4) is 11.5 Å². The monoisotopic (exact) mass is 447 g/mol. The molecule has 0 saturated carbocycles. The van der Waals surface area contributed by atoms with E-state index < -0.39 is 0 Å². The Morgan fingerprint density at radius 1 is 0.967 bits per heavy atom. The minimum absolute atomic E-state index is 0.308. The van der Waals surface area contributed by atoms with E-state index in [-0.39, 0.29) is 0 Å². The van der Waals surface area contributed by atoms with Gasteiger partial charge in [0.05, 0.1) is 14.2 Å². The molecule has 30 heavy (non-hydrogen) atoms. The third-order valence-electron chi connectivity index (χ3n) is 5.84. The Bertz CT molecular complexity index is 806. The molecule has 2 fully saturated rings. The molecule has 162 valence electrons. The fourth-order valence-electron chi connectivity index (χ4n) is 4.29. The number of piperidine rings is 1. The van der Waals surface area contributed by atoms with Crippen LogP contribution in [0, 0.1) is 5.92 Å². The van der Waals surface area contributed by atoms with Gasteiger partial charge in [0.25, 0.3) is 0 Å². The summed E-state index contributed by atoms with van der Waals surface area (Å²) in [7, 11) is 3.38. The molecule has 2 aromatic carbocycles. The lowest BCUT2D eigenvalue weighted by molar-refractivity contribution is 0.143. The normalized spacial score (nSPS) is 24.6. The van der Waals surface area contributed by atoms with E-state index in [0.717, 1.165) is 31.0 Å². The molecule has 2 aliphatic rings. The van der Waals surface area contributed by atoms with E-state index in [2.05, 4.69) is 38.4 Å². The van der Waals surface area contributed by atoms with Crippen LogP contribution in [0.1, 0.15) is 12.8 Å². The number of nitrogens with one attached hydrogen (secondary N) is 1. The number of hydroxylamine groups is 1. The van der Waals surface area contributed by atoms with Crippen molar-refractivity contribution >= 4 is 23.9 Å². The SMILES string of the molecule is COc1ccc(SN2CCC3CC(CNO)N(Sc4ccc(OC)cc4)C3C2)cc1. The molecule has 0 spiro atoms. The van der Waals surface area contributed by atoms with Gasteiger partial charge in [-0.3, -0.25) is 0 Å². The van der Waals surface area contributed by atoms with Crippen molar-refractivity contribution in [2.75, 3.05) is 33.9 Å². The zero-order valence-electron chi connectivity index (χ0n) is 17.4. The summed E-state index contributed by atoms with van der Waals surface area (Å²) in [5.74, 6) is 2.41. The predicted octanol–water partition coefficient (Wildman–Crippen LogP) is 4.16. The number of hydrogen-bond donors (Lipinski definition) is 2. The molecule has 3 atom stereocenters. The number of fused-ring (bicyclic) bond motifs is 1. The summed E-state index contributed by atoms with van der Waals surface area (Å²) in [6.07, 6.45) is 2.29. The topological polar surface area (TPSA) is 57.2 Å².